The van der Waals surface area contributed by atoms with Gasteiger partial charge in [0.15, 0.2) is 0 Å². The number of ether oxygens (including phenoxy) is 1. The Morgan fingerprint density at radius 2 is 1.88 bits per heavy atom. The lowest BCUT2D eigenvalue weighted by Crippen LogP contribution is -2.05. The third-order valence-electron chi connectivity index (χ3n) is 6.93. The second-order valence-corrected chi connectivity index (χ2v) is 9.83. The van der Waals surface area contributed by atoms with Gasteiger partial charge in [-0.2, -0.15) is 5.10 Å². The van der Waals surface area contributed by atoms with Gasteiger partial charge in [0.25, 0.3) is 0 Å². The third-order valence-corrected chi connectivity index (χ3v) is 6.93. The van der Waals surface area contributed by atoms with Gasteiger partial charge in [0.1, 0.15) is 11.4 Å². The van der Waals surface area contributed by atoms with Gasteiger partial charge in [-0.1, -0.05) is 50.6 Å². The topological polar surface area (TPSA) is 44.1 Å². The summed E-state index contributed by atoms with van der Waals surface area (Å²) < 4.78 is 7.20. The highest BCUT2D eigenvalue weighted by Crippen LogP contribution is 2.27. The van der Waals surface area contributed by atoms with Crippen LogP contribution in [-0.2, 0) is 0 Å². The summed E-state index contributed by atoms with van der Waals surface area (Å²) in [6.45, 7) is 13.8. The van der Waals surface area contributed by atoms with E-state index in [0.29, 0.717) is 5.69 Å². The van der Waals surface area contributed by atoms with E-state index in [4.69, 9.17) is 4.74 Å². The minimum atomic E-state index is -0.141. The number of benzene rings is 1. The maximum atomic E-state index is 13.2. The number of allylic oxidation sites excluding steroid dienone is 11. The van der Waals surface area contributed by atoms with Crippen molar-refractivity contribution in [1.82, 2.24) is 9.78 Å². The number of ketones is 1. The highest BCUT2D eigenvalue weighted by atomic mass is 16.5. The molecule has 1 heterocycles. The molecule has 4 nitrogen and oxygen atoms in total. The average molecular weight is 537 g/mol. The third kappa shape index (κ3) is 7.71. The van der Waals surface area contributed by atoms with Gasteiger partial charge in [0.2, 0.25) is 5.78 Å². The molecule has 0 saturated heterocycles. The minimum Gasteiger partial charge on any atom is -0.496 e. The van der Waals surface area contributed by atoms with Gasteiger partial charge in [0, 0.05) is 18.3 Å². The van der Waals surface area contributed by atoms with Crippen LogP contribution in [0.15, 0.2) is 107 Å². The number of carbonyl (C=O) groups is 1. The molecular formula is C36H44N2O2. The Balaban J connectivity index is 0.00000192. The normalized spacial score (nSPS) is 15.4. The van der Waals surface area contributed by atoms with Crippen LogP contribution in [0.3, 0.4) is 0 Å². The van der Waals surface area contributed by atoms with Crippen molar-refractivity contribution in [3.8, 4) is 5.75 Å². The molecule has 40 heavy (non-hydrogen) atoms. The number of rotatable bonds is 8. The first-order chi connectivity index (χ1) is 19.4. The highest BCUT2D eigenvalue weighted by Gasteiger charge is 2.16. The van der Waals surface area contributed by atoms with Crippen molar-refractivity contribution in [3.63, 3.8) is 0 Å². The summed E-state index contributed by atoms with van der Waals surface area (Å²) in [6, 6.07) is 7.79. The van der Waals surface area contributed by atoms with E-state index in [0.717, 1.165) is 39.4 Å². The molecule has 0 N–H and O–H groups in total. The number of methoxy groups -OCH3 is 1. The van der Waals surface area contributed by atoms with Crippen LogP contribution in [0.25, 0.3) is 5.70 Å². The molecule has 2 aliphatic carbocycles. The van der Waals surface area contributed by atoms with Crippen LogP contribution >= 0.6 is 0 Å². The van der Waals surface area contributed by atoms with Crippen LogP contribution in [0, 0.1) is 13.8 Å². The van der Waals surface area contributed by atoms with Crippen LogP contribution in [-0.4, -0.2) is 22.7 Å². The summed E-state index contributed by atoms with van der Waals surface area (Å²) in [5, 5.41) is 4.67. The summed E-state index contributed by atoms with van der Waals surface area (Å²) >= 11 is 0. The smallest absolute Gasteiger partial charge is 0.206 e. The molecule has 1 fully saturated rings. The summed E-state index contributed by atoms with van der Waals surface area (Å²) in [4.78, 5) is 13.2. The first-order valence-electron chi connectivity index (χ1n) is 14.2. The number of nitrogens with zero attached hydrogens (tertiary/aromatic N) is 2. The molecule has 1 aromatic carbocycles. The van der Waals surface area contributed by atoms with Crippen molar-refractivity contribution in [2.24, 2.45) is 0 Å². The Morgan fingerprint density at radius 3 is 2.55 bits per heavy atom. The molecule has 4 heteroatoms. The van der Waals surface area contributed by atoms with E-state index in [1.54, 1.807) is 23.9 Å². The zero-order valence-corrected chi connectivity index (χ0v) is 24.9. The van der Waals surface area contributed by atoms with E-state index < -0.39 is 0 Å². The summed E-state index contributed by atoms with van der Waals surface area (Å²) in [5.74, 6) is 0.682. The van der Waals surface area contributed by atoms with Gasteiger partial charge in [-0.05, 0) is 118 Å². The van der Waals surface area contributed by atoms with Gasteiger partial charge >= 0.3 is 0 Å². The standard InChI is InChI=1S/C34H36N2O2.C2H6.H2/c1-6-11-32(30-18-19-34(38-5)25(3)20-30)36-26(4)22-31(35-36)33(37)21-24(2)29-15-10-14-28(16-17-29)23-27-12-8-7-9-13-27;1-2;/h6,10-11,14,16-23H,1,7-9,12-13H2,2-5H3;1-2H3;1H/b24-21+,32-11-;;. The molecule has 4 rings (SSSR count). The van der Waals surface area contributed by atoms with Crippen molar-refractivity contribution >= 4 is 11.5 Å². The maximum Gasteiger partial charge on any atom is 0.206 e. The van der Waals surface area contributed by atoms with Gasteiger partial charge in [-0.25, -0.2) is 4.68 Å². The summed E-state index contributed by atoms with van der Waals surface area (Å²) in [7, 11) is 1.66. The minimum absolute atomic E-state index is 0. The van der Waals surface area contributed by atoms with Gasteiger partial charge in [0.05, 0.1) is 12.8 Å². The average Bonchev–Trinajstić information content (AvgIpc) is 3.20. The molecule has 1 aromatic heterocycles. The van der Waals surface area contributed by atoms with E-state index in [1.165, 1.54) is 43.3 Å². The molecule has 0 atom stereocenters. The number of aryl methyl sites for hydroxylation is 2. The van der Waals surface area contributed by atoms with Crippen molar-refractivity contribution in [2.75, 3.05) is 7.11 Å². The molecule has 0 radical (unpaired) electrons. The summed E-state index contributed by atoms with van der Waals surface area (Å²) in [6.07, 6.45) is 22.0. The molecule has 0 unspecified atom stereocenters. The lowest BCUT2D eigenvalue weighted by Gasteiger charge is -2.13. The Labute approximate surface area is 241 Å². The first-order valence-corrected chi connectivity index (χ1v) is 14.2. The SMILES string of the molecule is C=C/C=C(/c1ccc(OC)c(C)c1)n1nc(C(=O)/C=C(\C)C2=C=CC=C(C=C3CCCCC3)C=C2)cc1C.CC.[HH]. The monoisotopic (exact) mass is 536 g/mol. The second kappa shape index (κ2) is 14.9. The maximum absolute atomic E-state index is 13.2. The second-order valence-electron chi connectivity index (χ2n) is 9.83. The Kier molecular flexibility index (Phi) is 11.3. The van der Waals surface area contributed by atoms with E-state index in [9.17, 15) is 4.79 Å². The van der Waals surface area contributed by atoms with Crippen LogP contribution < -0.4 is 4.74 Å². The van der Waals surface area contributed by atoms with Crippen molar-refractivity contribution in [1.29, 1.82) is 0 Å². The van der Waals surface area contributed by atoms with Gasteiger partial charge in [-0.3, -0.25) is 4.79 Å². The van der Waals surface area contributed by atoms with Crippen molar-refractivity contribution in [2.45, 2.75) is 66.7 Å². The first kappa shape index (κ1) is 30.4. The molecule has 0 aliphatic heterocycles. The van der Waals surface area contributed by atoms with Gasteiger partial charge < -0.3 is 4.74 Å². The molecule has 0 amide bonds. The van der Waals surface area contributed by atoms with Gasteiger partial charge in [-0.15, -0.1) is 5.73 Å². The van der Waals surface area contributed by atoms with E-state index in [-0.39, 0.29) is 7.21 Å². The molecular weight excluding hydrogens is 492 g/mol. The quantitative estimate of drug-likeness (QED) is 0.146. The molecule has 0 spiro atoms. The molecule has 0 bridgehead atoms. The number of aromatic nitrogens is 2. The summed E-state index contributed by atoms with van der Waals surface area (Å²) in [5.41, 5.74) is 11.8. The van der Waals surface area contributed by atoms with Crippen LogP contribution in [0.4, 0.5) is 0 Å². The Morgan fingerprint density at radius 1 is 1.12 bits per heavy atom. The largest absolute Gasteiger partial charge is 0.496 e. The molecule has 2 aliphatic rings. The fraction of sp³-hybridized carbons (Fsp3) is 0.306. The molecule has 210 valence electrons. The van der Waals surface area contributed by atoms with Crippen LogP contribution in [0.2, 0.25) is 0 Å². The zero-order valence-electron chi connectivity index (χ0n) is 24.9. The lowest BCUT2D eigenvalue weighted by atomic mass is 9.93. The lowest BCUT2D eigenvalue weighted by molar-refractivity contribution is 0.104. The number of carbonyl (C=O) groups excluding carboxylic acids is 1. The molecule has 2 aromatic rings. The van der Waals surface area contributed by atoms with Crippen LogP contribution in [0.1, 0.15) is 81.6 Å². The number of hydrogen-bond donors (Lipinski definition) is 0. The van der Waals surface area contributed by atoms with Crippen LogP contribution in [0.5, 0.6) is 5.75 Å². The van der Waals surface area contributed by atoms with E-state index in [1.807, 2.05) is 77.1 Å². The van der Waals surface area contributed by atoms with E-state index >= 15 is 0 Å². The van der Waals surface area contributed by atoms with Crippen molar-refractivity contribution < 1.29 is 11.0 Å². The zero-order chi connectivity index (χ0) is 29.1. The fourth-order valence-corrected chi connectivity index (χ4v) is 4.86. The number of hydrogen-bond acceptors (Lipinski definition) is 3. The Bertz CT molecular complexity index is 1460. The predicted molar refractivity (Wildman–Crippen MR) is 170 cm³/mol. The fourth-order valence-electron chi connectivity index (χ4n) is 4.86. The Hall–Kier alpha value is -4.14. The van der Waals surface area contributed by atoms with Crippen molar-refractivity contribution in [3.05, 3.63) is 130 Å². The van der Waals surface area contributed by atoms with E-state index in [2.05, 4.69) is 35.6 Å². The molecule has 1 saturated carbocycles. The predicted octanol–water partition coefficient (Wildman–Crippen LogP) is 9.45. The highest BCUT2D eigenvalue weighted by molar-refractivity contribution is 6.04.